The molecule has 7 nitrogen and oxygen atoms in total. The van der Waals surface area contributed by atoms with E-state index in [1.807, 2.05) is 85.0 Å². The molecule has 0 radical (unpaired) electrons. The van der Waals surface area contributed by atoms with Crippen LogP contribution in [0.25, 0.3) is 0 Å². The Balaban J connectivity index is 1.29. The van der Waals surface area contributed by atoms with Crippen LogP contribution in [0.3, 0.4) is 0 Å². The first-order chi connectivity index (χ1) is 19.8. The Morgan fingerprint density at radius 1 is 0.600 bits per heavy atom. The van der Waals surface area contributed by atoms with Gasteiger partial charge in [0.2, 0.25) is 0 Å². The highest BCUT2D eigenvalue weighted by Gasteiger charge is 2.31. The molecular weight excluding hydrogens is 494 g/mol. The lowest BCUT2D eigenvalue weighted by atomic mass is 10.0. The predicted molar refractivity (Wildman–Crippen MR) is 163 cm³/mol. The maximum absolute atomic E-state index is 5.07. The molecular formula is C33H26N7+. The average Bonchev–Trinajstić information content (AvgIpc) is 3.75. The fourth-order valence-corrected chi connectivity index (χ4v) is 4.94. The minimum atomic E-state index is -0.500. The molecule has 3 aromatic carbocycles. The van der Waals surface area contributed by atoms with Gasteiger partial charge in [-0.2, -0.15) is 0 Å². The summed E-state index contributed by atoms with van der Waals surface area (Å²) in [6, 6.07) is 30.3. The fourth-order valence-electron chi connectivity index (χ4n) is 4.94. The van der Waals surface area contributed by atoms with Crippen molar-refractivity contribution in [2.75, 3.05) is 0 Å². The van der Waals surface area contributed by atoms with Crippen molar-refractivity contribution in [3.63, 3.8) is 0 Å². The van der Waals surface area contributed by atoms with E-state index in [1.54, 1.807) is 6.21 Å². The molecule has 7 heteroatoms. The van der Waals surface area contributed by atoms with E-state index < -0.39 is 6.17 Å². The number of nitrogens with zero attached hydrogens (tertiary/aromatic N) is 5. The van der Waals surface area contributed by atoms with Crippen LogP contribution in [0.5, 0.6) is 0 Å². The number of hydrogen-bond donors (Lipinski definition) is 2. The summed E-state index contributed by atoms with van der Waals surface area (Å²) in [6.45, 7) is 0. The van der Waals surface area contributed by atoms with E-state index in [-0.39, 0.29) is 12.1 Å². The van der Waals surface area contributed by atoms with Gasteiger partial charge in [-0.25, -0.2) is 9.98 Å². The Kier molecular flexibility index (Phi) is 6.17. The number of nitrogens with one attached hydrogen (secondary N) is 2. The van der Waals surface area contributed by atoms with Gasteiger partial charge in [-0.05, 0) is 23.8 Å². The molecule has 7 rings (SSSR count). The normalized spacial score (nSPS) is 22.9. The molecule has 0 spiro atoms. The predicted octanol–water partition coefficient (Wildman–Crippen LogP) is 3.96. The average molecular weight is 521 g/mol. The van der Waals surface area contributed by atoms with E-state index in [4.69, 9.17) is 20.0 Å². The first-order valence-corrected chi connectivity index (χ1v) is 13.3. The minimum Gasteiger partial charge on any atom is -0.337 e. The molecule has 0 fully saturated rings. The van der Waals surface area contributed by atoms with Crippen molar-refractivity contribution in [2.24, 2.45) is 20.0 Å². The largest absolute Gasteiger partial charge is 0.337 e. The maximum atomic E-state index is 5.07. The van der Waals surface area contributed by atoms with Crippen molar-refractivity contribution in [3.8, 4) is 0 Å². The van der Waals surface area contributed by atoms with Crippen molar-refractivity contribution >= 4 is 35.1 Å². The monoisotopic (exact) mass is 520 g/mol. The molecule has 4 heterocycles. The third kappa shape index (κ3) is 4.77. The van der Waals surface area contributed by atoms with Crippen molar-refractivity contribution in [1.29, 1.82) is 0 Å². The lowest BCUT2D eigenvalue weighted by Crippen LogP contribution is -2.44. The van der Waals surface area contributed by atoms with Gasteiger partial charge in [-0.3, -0.25) is 9.98 Å². The summed E-state index contributed by atoms with van der Waals surface area (Å²) in [4.78, 5) is 20.0. The molecule has 4 aliphatic rings. The van der Waals surface area contributed by atoms with Crippen LogP contribution in [0.15, 0.2) is 147 Å². The smallest absolute Gasteiger partial charge is 0.332 e. The Labute approximate surface area is 232 Å². The molecule has 0 aliphatic carbocycles. The summed E-state index contributed by atoms with van der Waals surface area (Å²) < 4.78 is 4.43. The Morgan fingerprint density at radius 2 is 1.25 bits per heavy atom. The second-order valence-electron chi connectivity index (χ2n) is 9.64. The number of amidine groups is 3. The molecule has 0 amide bonds. The van der Waals surface area contributed by atoms with E-state index in [0.717, 1.165) is 45.5 Å². The van der Waals surface area contributed by atoms with Gasteiger partial charge in [0.1, 0.15) is 11.7 Å². The third-order valence-electron chi connectivity index (χ3n) is 6.96. The first kappa shape index (κ1) is 23.7. The molecule has 0 aromatic heterocycles. The van der Waals surface area contributed by atoms with E-state index >= 15 is 0 Å². The molecule has 0 bridgehead atoms. The summed E-state index contributed by atoms with van der Waals surface area (Å²) in [5.74, 6) is 2.22. The molecule has 4 aliphatic heterocycles. The fraction of sp³-hybridized carbons (Fsp3) is 0.0909. The number of rotatable bonds is 6. The second kappa shape index (κ2) is 10.4. The highest BCUT2D eigenvalue weighted by Crippen LogP contribution is 2.26. The quantitative estimate of drug-likeness (QED) is 0.482. The summed E-state index contributed by atoms with van der Waals surface area (Å²) in [5, 5.41) is 7.05. The SMILES string of the molecule is C1=CC(C2C=CC(C3N=C(C4=CC(c5ccccc5)N=C(c5ccccc5)N4)NC(c4ccccc4)=N3)=N2)=[N+]=C1. The lowest BCUT2D eigenvalue weighted by molar-refractivity contribution is 0.841. The van der Waals surface area contributed by atoms with E-state index in [1.165, 1.54) is 0 Å². The van der Waals surface area contributed by atoms with Crippen molar-refractivity contribution in [3.05, 3.63) is 144 Å². The van der Waals surface area contributed by atoms with Crippen LogP contribution in [-0.4, -0.2) is 47.4 Å². The topological polar surface area (TPSA) is 87.6 Å². The number of hydrogen-bond acceptors (Lipinski definition) is 6. The molecule has 3 aromatic rings. The highest BCUT2D eigenvalue weighted by molar-refractivity contribution is 6.20. The molecule has 3 atom stereocenters. The zero-order valence-electron chi connectivity index (χ0n) is 21.6. The van der Waals surface area contributed by atoms with Crippen LogP contribution in [0.4, 0.5) is 0 Å². The maximum Gasteiger partial charge on any atom is 0.332 e. The van der Waals surface area contributed by atoms with E-state index in [0.29, 0.717) is 5.84 Å². The summed E-state index contributed by atoms with van der Waals surface area (Å²) in [5.41, 5.74) is 5.65. The van der Waals surface area contributed by atoms with E-state index in [9.17, 15) is 0 Å². The van der Waals surface area contributed by atoms with Gasteiger partial charge in [0, 0.05) is 23.3 Å². The van der Waals surface area contributed by atoms with Crippen LogP contribution in [0.2, 0.25) is 0 Å². The molecule has 0 saturated carbocycles. The molecule has 40 heavy (non-hydrogen) atoms. The Hall–Kier alpha value is -5.39. The Bertz CT molecular complexity index is 1720. The first-order valence-electron chi connectivity index (χ1n) is 13.3. The van der Waals surface area contributed by atoms with Crippen LogP contribution in [-0.2, 0) is 0 Å². The minimum absolute atomic E-state index is 0.125. The van der Waals surface area contributed by atoms with Crippen LogP contribution < -0.4 is 15.3 Å². The van der Waals surface area contributed by atoms with Crippen molar-refractivity contribution in [2.45, 2.75) is 18.2 Å². The Morgan fingerprint density at radius 3 is 1.93 bits per heavy atom. The number of allylic oxidation sites excluding steroid dienone is 1. The number of benzene rings is 3. The summed E-state index contributed by atoms with van der Waals surface area (Å²) in [7, 11) is 0. The van der Waals surface area contributed by atoms with E-state index in [2.05, 4.69) is 51.7 Å². The van der Waals surface area contributed by atoms with Gasteiger partial charge < -0.3 is 10.6 Å². The van der Waals surface area contributed by atoms with Crippen molar-refractivity contribution in [1.82, 2.24) is 15.3 Å². The molecule has 192 valence electrons. The van der Waals surface area contributed by atoms with Crippen LogP contribution in [0, 0.1) is 0 Å². The third-order valence-corrected chi connectivity index (χ3v) is 6.96. The standard InChI is InChI=1S/C33H26N7/c1-4-11-22(12-5-1)28-21-29(37-30(36-28)23-13-6-2-7-14-23)33-39-31(24-15-8-3-9-16-24)38-32(40-33)27-19-18-26(35-27)25-17-10-20-34-25/h1-21,26,28,32H,(H,36,37)(H,38,39,40)/q+1. The summed E-state index contributed by atoms with van der Waals surface area (Å²) >= 11 is 0. The zero-order chi connectivity index (χ0) is 26.7. The van der Waals surface area contributed by atoms with Crippen LogP contribution >= 0.6 is 0 Å². The number of aliphatic imine (C=N–C) groups is 4. The van der Waals surface area contributed by atoms with Gasteiger partial charge in [0.05, 0.1) is 17.5 Å². The van der Waals surface area contributed by atoms with Gasteiger partial charge in [0.15, 0.2) is 18.0 Å². The molecule has 2 N–H and O–H groups in total. The van der Waals surface area contributed by atoms with Gasteiger partial charge >= 0.3 is 5.71 Å². The van der Waals surface area contributed by atoms with Crippen molar-refractivity contribution < 1.29 is 0 Å². The lowest BCUT2D eigenvalue weighted by Gasteiger charge is -2.27. The summed E-state index contributed by atoms with van der Waals surface area (Å²) in [6.07, 6.45) is 11.4. The van der Waals surface area contributed by atoms with Gasteiger partial charge in [-0.15, -0.1) is 0 Å². The highest BCUT2D eigenvalue weighted by atomic mass is 15.2. The molecule has 0 saturated heterocycles. The molecule has 3 unspecified atom stereocenters. The van der Waals surface area contributed by atoms with Crippen LogP contribution in [0.1, 0.15) is 22.7 Å². The van der Waals surface area contributed by atoms with Gasteiger partial charge in [0.25, 0.3) is 6.21 Å². The zero-order valence-corrected chi connectivity index (χ0v) is 21.6. The second-order valence-corrected chi connectivity index (χ2v) is 9.64. The van der Waals surface area contributed by atoms with Gasteiger partial charge in [-0.1, -0.05) is 95.7 Å².